The average Bonchev–Trinajstić information content (AvgIpc) is 2.40. The number of aryl methyl sites for hydroxylation is 1. The van der Waals surface area contributed by atoms with Gasteiger partial charge < -0.3 is 5.32 Å². The van der Waals surface area contributed by atoms with E-state index >= 15 is 0 Å². The SMILES string of the molecule is CCCCCCCCNC(=O)c1cc(C)ccc1Br. The van der Waals surface area contributed by atoms with Crippen molar-refractivity contribution in [2.75, 3.05) is 6.54 Å². The van der Waals surface area contributed by atoms with Crippen molar-refractivity contribution in [2.45, 2.75) is 52.4 Å². The molecule has 0 aliphatic carbocycles. The van der Waals surface area contributed by atoms with Gasteiger partial charge in [0.1, 0.15) is 0 Å². The van der Waals surface area contributed by atoms with Gasteiger partial charge >= 0.3 is 0 Å². The summed E-state index contributed by atoms with van der Waals surface area (Å²) in [6.45, 7) is 4.99. The van der Waals surface area contributed by atoms with Crippen molar-refractivity contribution in [1.82, 2.24) is 5.32 Å². The Bertz CT molecular complexity index is 404. The molecule has 19 heavy (non-hydrogen) atoms. The van der Waals surface area contributed by atoms with Gasteiger partial charge in [0.2, 0.25) is 0 Å². The molecule has 0 radical (unpaired) electrons. The van der Waals surface area contributed by atoms with Crippen LogP contribution in [0.1, 0.15) is 61.4 Å². The van der Waals surface area contributed by atoms with Crippen LogP contribution < -0.4 is 5.32 Å². The smallest absolute Gasteiger partial charge is 0.252 e. The van der Waals surface area contributed by atoms with E-state index in [9.17, 15) is 4.79 Å². The Morgan fingerprint density at radius 3 is 2.58 bits per heavy atom. The molecule has 106 valence electrons. The minimum absolute atomic E-state index is 0.0177. The van der Waals surface area contributed by atoms with Crippen LogP contribution in [0, 0.1) is 6.92 Å². The molecule has 0 spiro atoms. The van der Waals surface area contributed by atoms with E-state index in [0.717, 1.165) is 28.6 Å². The zero-order valence-corrected chi connectivity index (χ0v) is 13.6. The van der Waals surface area contributed by atoms with E-state index in [1.165, 1.54) is 32.1 Å². The van der Waals surface area contributed by atoms with Crippen molar-refractivity contribution in [3.8, 4) is 0 Å². The second kappa shape index (κ2) is 9.13. The first-order valence-electron chi connectivity index (χ1n) is 7.19. The molecule has 0 saturated heterocycles. The minimum atomic E-state index is 0.0177. The second-order valence-corrected chi connectivity index (χ2v) is 5.86. The van der Waals surface area contributed by atoms with Crippen LogP contribution in [0.15, 0.2) is 22.7 Å². The number of hydrogen-bond donors (Lipinski definition) is 1. The van der Waals surface area contributed by atoms with Crippen LogP contribution >= 0.6 is 15.9 Å². The van der Waals surface area contributed by atoms with Crippen molar-refractivity contribution in [1.29, 1.82) is 0 Å². The molecule has 1 aromatic carbocycles. The zero-order chi connectivity index (χ0) is 14.1. The molecular weight excluding hydrogens is 302 g/mol. The highest BCUT2D eigenvalue weighted by molar-refractivity contribution is 9.10. The number of halogens is 1. The molecule has 1 amide bonds. The van der Waals surface area contributed by atoms with Crippen LogP contribution in [0.25, 0.3) is 0 Å². The summed E-state index contributed by atoms with van der Waals surface area (Å²) in [5.74, 6) is 0.0177. The van der Waals surface area contributed by atoms with E-state index < -0.39 is 0 Å². The highest BCUT2D eigenvalue weighted by atomic mass is 79.9. The molecule has 1 aromatic rings. The first-order valence-corrected chi connectivity index (χ1v) is 7.98. The molecule has 0 bridgehead atoms. The number of amides is 1. The molecule has 0 aromatic heterocycles. The van der Waals surface area contributed by atoms with E-state index in [4.69, 9.17) is 0 Å². The lowest BCUT2D eigenvalue weighted by atomic mass is 10.1. The van der Waals surface area contributed by atoms with Gasteiger partial charge in [0.15, 0.2) is 0 Å². The highest BCUT2D eigenvalue weighted by Gasteiger charge is 2.09. The summed E-state index contributed by atoms with van der Waals surface area (Å²) in [7, 11) is 0. The number of rotatable bonds is 8. The van der Waals surface area contributed by atoms with Crippen molar-refractivity contribution < 1.29 is 4.79 Å². The zero-order valence-electron chi connectivity index (χ0n) is 12.0. The van der Waals surface area contributed by atoms with Crippen molar-refractivity contribution in [2.24, 2.45) is 0 Å². The number of carbonyl (C=O) groups excluding carboxylic acids is 1. The fraction of sp³-hybridized carbons (Fsp3) is 0.562. The Balaban J connectivity index is 2.26. The van der Waals surface area contributed by atoms with Gasteiger partial charge in [-0.2, -0.15) is 0 Å². The van der Waals surface area contributed by atoms with Crippen LogP contribution in [0.2, 0.25) is 0 Å². The molecule has 0 fully saturated rings. The molecule has 0 aliphatic rings. The van der Waals surface area contributed by atoms with Gasteiger partial charge in [-0.05, 0) is 41.4 Å². The van der Waals surface area contributed by atoms with E-state index in [1.807, 2.05) is 25.1 Å². The lowest BCUT2D eigenvalue weighted by Gasteiger charge is -2.07. The Kier molecular flexibility index (Phi) is 7.80. The summed E-state index contributed by atoms with van der Waals surface area (Å²) in [5.41, 5.74) is 1.83. The molecule has 0 saturated carbocycles. The summed E-state index contributed by atoms with van der Waals surface area (Å²) in [6.07, 6.45) is 7.46. The molecule has 0 atom stereocenters. The molecule has 0 heterocycles. The molecule has 2 nitrogen and oxygen atoms in total. The molecular formula is C16H24BrNO. The van der Waals surface area contributed by atoms with Gasteiger partial charge in [-0.3, -0.25) is 4.79 Å². The lowest BCUT2D eigenvalue weighted by molar-refractivity contribution is 0.0952. The highest BCUT2D eigenvalue weighted by Crippen LogP contribution is 2.17. The van der Waals surface area contributed by atoms with Crippen LogP contribution in [-0.2, 0) is 0 Å². The minimum Gasteiger partial charge on any atom is -0.352 e. The van der Waals surface area contributed by atoms with E-state index in [0.29, 0.717) is 0 Å². The predicted octanol–water partition coefficient (Wildman–Crippen LogP) is 4.85. The van der Waals surface area contributed by atoms with Crippen LogP contribution in [0.5, 0.6) is 0 Å². The van der Waals surface area contributed by atoms with Crippen LogP contribution in [0.3, 0.4) is 0 Å². The third-order valence-corrected chi connectivity index (χ3v) is 3.87. The van der Waals surface area contributed by atoms with E-state index in [-0.39, 0.29) is 5.91 Å². The normalized spacial score (nSPS) is 10.5. The maximum absolute atomic E-state index is 12.0. The average molecular weight is 326 g/mol. The van der Waals surface area contributed by atoms with Gasteiger partial charge in [-0.1, -0.05) is 50.7 Å². The first-order chi connectivity index (χ1) is 9.15. The number of hydrogen-bond acceptors (Lipinski definition) is 1. The number of unbranched alkanes of at least 4 members (excludes halogenated alkanes) is 5. The monoisotopic (exact) mass is 325 g/mol. The van der Waals surface area contributed by atoms with Gasteiger partial charge in [0.25, 0.3) is 5.91 Å². The maximum Gasteiger partial charge on any atom is 0.252 e. The largest absolute Gasteiger partial charge is 0.352 e. The fourth-order valence-corrected chi connectivity index (χ4v) is 2.44. The third kappa shape index (κ3) is 6.24. The van der Waals surface area contributed by atoms with Crippen molar-refractivity contribution in [3.63, 3.8) is 0 Å². The maximum atomic E-state index is 12.0. The molecule has 3 heteroatoms. The predicted molar refractivity (Wildman–Crippen MR) is 84.6 cm³/mol. The lowest BCUT2D eigenvalue weighted by Crippen LogP contribution is -2.24. The third-order valence-electron chi connectivity index (χ3n) is 3.18. The van der Waals surface area contributed by atoms with E-state index in [1.54, 1.807) is 0 Å². The summed E-state index contributed by atoms with van der Waals surface area (Å²) < 4.78 is 0.860. The summed E-state index contributed by atoms with van der Waals surface area (Å²) in [4.78, 5) is 12.0. The Labute approximate surface area is 125 Å². The molecule has 0 aliphatic heterocycles. The summed E-state index contributed by atoms with van der Waals surface area (Å²) in [5, 5.41) is 2.99. The molecule has 1 rings (SSSR count). The summed E-state index contributed by atoms with van der Waals surface area (Å²) >= 11 is 3.42. The van der Waals surface area contributed by atoms with Crippen molar-refractivity contribution in [3.05, 3.63) is 33.8 Å². The fourth-order valence-electron chi connectivity index (χ4n) is 2.02. The van der Waals surface area contributed by atoms with Gasteiger partial charge in [0.05, 0.1) is 5.56 Å². The second-order valence-electron chi connectivity index (χ2n) is 5.01. The number of nitrogens with one attached hydrogen (secondary N) is 1. The van der Waals surface area contributed by atoms with Gasteiger partial charge in [0, 0.05) is 11.0 Å². The Morgan fingerprint density at radius 1 is 1.16 bits per heavy atom. The van der Waals surface area contributed by atoms with Crippen molar-refractivity contribution >= 4 is 21.8 Å². The summed E-state index contributed by atoms with van der Waals surface area (Å²) in [6, 6.07) is 5.84. The molecule has 1 N–H and O–H groups in total. The number of carbonyl (C=O) groups is 1. The first kappa shape index (κ1) is 16.2. The molecule has 0 unspecified atom stereocenters. The van der Waals surface area contributed by atoms with Crippen LogP contribution in [-0.4, -0.2) is 12.5 Å². The standard InChI is InChI=1S/C16H24BrNO/c1-3-4-5-6-7-8-11-18-16(19)14-12-13(2)9-10-15(14)17/h9-10,12H,3-8,11H2,1-2H3,(H,18,19). The topological polar surface area (TPSA) is 29.1 Å². The van der Waals surface area contributed by atoms with Crippen LogP contribution in [0.4, 0.5) is 0 Å². The van der Waals surface area contributed by atoms with Gasteiger partial charge in [-0.25, -0.2) is 0 Å². The Morgan fingerprint density at radius 2 is 1.84 bits per heavy atom. The van der Waals surface area contributed by atoms with E-state index in [2.05, 4.69) is 28.2 Å². The Hall–Kier alpha value is -0.830. The quantitative estimate of drug-likeness (QED) is 0.680. The number of benzene rings is 1. The van der Waals surface area contributed by atoms with Gasteiger partial charge in [-0.15, -0.1) is 0 Å².